The van der Waals surface area contributed by atoms with Crippen LogP contribution in [-0.4, -0.2) is 26.1 Å². The smallest absolute Gasteiger partial charge is 0.413 e. The van der Waals surface area contributed by atoms with E-state index in [0.717, 1.165) is 5.56 Å². The molecule has 0 fully saturated rings. The Morgan fingerprint density at radius 1 is 1.31 bits per heavy atom. The van der Waals surface area contributed by atoms with Gasteiger partial charge in [0.25, 0.3) is 0 Å². The Hall–Kier alpha value is -3.13. The van der Waals surface area contributed by atoms with Crippen LogP contribution in [0.1, 0.15) is 18.6 Å². The quantitative estimate of drug-likeness (QED) is 0.536. The second kappa shape index (κ2) is 7.40. The third-order valence-corrected chi connectivity index (χ3v) is 4.06. The fraction of sp³-hybridized carbons (Fsp3) is 0.176. The molecule has 0 aliphatic carbocycles. The van der Waals surface area contributed by atoms with E-state index >= 15 is 0 Å². The van der Waals surface area contributed by atoms with Gasteiger partial charge in [0.15, 0.2) is 5.82 Å². The minimum Gasteiger partial charge on any atom is -0.441 e. The largest absolute Gasteiger partial charge is 0.441 e. The van der Waals surface area contributed by atoms with Crippen LogP contribution in [0.4, 0.5) is 16.3 Å². The number of hydrogen-bond donors (Lipinski definition) is 2. The molecule has 0 aliphatic rings. The molecule has 3 N–H and O–H groups in total. The van der Waals surface area contributed by atoms with E-state index in [1.807, 2.05) is 0 Å². The van der Waals surface area contributed by atoms with Gasteiger partial charge in [0.1, 0.15) is 17.0 Å². The second-order valence-corrected chi connectivity index (χ2v) is 5.95. The van der Waals surface area contributed by atoms with Gasteiger partial charge in [0.05, 0.1) is 0 Å². The van der Waals surface area contributed by atoms with E-state index in [2.05, 4.69) is 20.6 Å². The zero-order valence-corrected chi connectivity index (χ0v) is 14.9. The normalized spacial score (nSPS) is 11.8. The number of amides is 1. The van der Waals surface area contributed by atoms with E-state index in [1.54, 1.807) is 56.6 Å². The van der Waals surface area contributed by atoms with Gasteiger partial charge in [0.2, 0.25) is 0 Å². The van der Waals surface area contributed by atoms with Crippen molar-refractivity contribution in [3.05, 3.63) is 53.3 Å². The molecular formula is C17H17ClN6O2. The lowest BCUT2D eigenvalue weighted by molar-refractivity contribution is 0.121. The number of aromatic nitrogens is 4. The molecule has 0 bridgehead atoms. The zero-order valence-electron chi connectivity index (χ0n) is 14.2. The van der Waals surface area contributed by atoms with Crippen LogP contribution in [0.3, 0.4) is 0 Å². The van der Waals surface area contributed by atoms with Gasteiger partial charge in [-0.3, -0.25) is 5.32 Å². The monoisotopic (exact) mass is 372 g/mol. The van der Waals surface area contributed by atoms with E-state index in [1.165, 1.54) is 4.68 Å². The van der Waals surface area contributed by atoms with Crippen molar-refractivity contribution in [1.82, 2.24) is 20.0 Å². The first-order chi connectivity index (χ1) is 12.5. The van der Waals surface area contributed by atoms with Crippen LogP contribution < -0.4 is 11.1 Å². The number of hydrogen-bond acceptors (Lipinski definition) is 6. The number of nitrogens with two attached hydrogens (primary N) is 1. The minimum atomic E-state index is -0.653. The highest BCUT2D eigenvalue weighted by Crippen LogP contribution is 2.27. The Balaban J connectivity index is 1.77. The lowest BCUT2D eigenvalue weighted by atomic mass is 10.1. The van der Waals surface area contributed by atoms with Crippen LogP contribution in [0.25, 0.3) is 11.3 Å². The number of anilines is 2. The third-order valence-electron chi connectivity index (χ3n) is 3.74. The lowest BCUT2D eigenvalue weighted by Gasteiger charge is -2.15. The van der Waals surface area contributed by atoms with Crippen molar-refractivity contribution >= 4 is 29.2 Å². The maximum Gasteiger partial charge on any atom is 0.413 e. The summed E-state index contributed by atoms with van der Waals surface area (Å²) in [5, 5.41) is 11.0. The number of aryl methyl sites for hydroxylation is 1. The average molecular weight is 373 g/mol. The number of ether oxygens (including phenoxy) is 1. The molecule has 0 unspecified atom stereocenters. The van der Waals surface area contributed by atoms with Crippen molar-refractivity contribution in [2.45, 2.75) is 13.0 Å². The maximum atomic E-state index is 12.3. The standard InChI is InChI=1S/C17H17ClN6O2/c1-10(13-4-3-9-20-15(13)18)26-17(25)21-16-14(22-23-24(16)2)11-5-7-12(19)8-6-11/h3-10H,19H2,1-2H3,(H,21,25)/t10-/m1/s1. The van der Waals surface area contributed by atoms with Crippen LogP contribution in [0.5, 0.6) is 0 Å². The zero-order chi connectivity index (χ0) is 18.7. The van der Waals surface area contributed by atoms with Gasteiger partial charge in [-0.1, -0.05) is 35.0 Å². The summed E-state index contributed by atoms with van der Waals surface area (Å²) in [4.78, 5) is 16.3. The third kappa shape index (κ3) is 3.75. The van der Waals surface area contributed by atoms with Crippen molar-refractivity contribution in [2.75, 3.05) is 11.1 Å². The van der Waals surface area contributed by atoms with Crippen molar-refractivity contribution in [2.24, 2.45) is 7.05 Å². The first kappa shape index (κ1) is 17.7. The van der Waals surface area contributed by atoms with Gasteiger partial charge in [-0.05, 0) is 25.1 Å². The van der Waals surface area contributed by atoms with Crippen LogP contribution in [0, 0.1) is 0 Å². The van der Waals surface area contributed by atoms with Crippen molar-refractivity contribution in [3.8, 4) is 11.3 Å². The summed E-state index contributed by atoms with van der Waals surface area (Å²) < 4.78 is 6.85. The number of carbonyl (C=O) groups is 1. The molecule has 3 aromatic rings. The molecule has 1 aromatic carbocycles. The Morgan fingerprint density at radius 2 is 2.04 bits per heavy atom. The maximum absolute atomic E-state index is 12.3. The predicted octanol–water partition coefficient (Wildman–Crippen LogP) is 3.42. The highest BCUT2D eigenvalue weighted by molar-refractivity contribution is 6.30. The van der Waals surface area contributed by atoms with Crippen molar-refractivity contribution in [3.63, 3.8) is 0 Å². The molecule has 8 nitrogen and oxygen atoms in total. The summed E-state index contributed by atoms with van der Waals surface area (Å²) in [5.74, 6) is 0.407. The average Bonchev–Trinajstić information content (AvgIpc) is 2.96. The van der Waals surface area contributed by atoms with Crippen molar-refractivity contribution in [1.29, 1.82) is 0 Å². The van der Waals surface area contributed by atoms with E-state index in [-0.39, 0.29) is 5.15 Å². The number of rotatable bonds is 4. The van der Waals surface area contributed by atoms with E-state index in [0.29, 0.717) is 22.8 Å². The Morgan fingerprint density at radius 3 is 2.73 bits per heavy atom. The van der Waals surface area contributed by atoms with Gasteiger partial charge in [-0.2, -0.15) is 0 Å². The summed E-state index contributed by atoms with van der Waals surface area (Å²) in [6.45, 7) is 1.71. The molecule has 1 atom stereocenters. The first-order valence-electron chi connectivity index (χ1n) is 7.79. The van der Waals surface area contributed by atoms with Gasteiger partial charge >= 0.3 is 6.09 Å². The van der Waals surface area contributed by atoms with E-state index in [4.69, 9.17) is 22.1 Å². The molecular weight excluding hydrogens is 356 g/mol. The lowest BCUT2D eigenvalue weighted by Crippen LogP contribution is -2.18. The van der Waals surface area contributed by atoms with Crippen LogP contribution in [-0.2, 0) is 11.8 Å². The number of nitrogens with one attached hydrogen (secondary N) is 1. The minimum absolute atomic E-state index is 0.289. The molecule has 0 spiro atoms. The molecule has 0 radical (unpaired) electrons. The van der Waals surface area contributed by atoms with Crippen LogP contribution >= 0.6 is 11.6 Å². The Labute approximate surface area is 154 Å². The molecule has 134 valence electrons. The summed E-state index contributed by atoms with van der Waals surface area (Å²) in [5.41, 5.74) is 8.23. The number of halogens is 1. The summed E-state index contributed by atoms with van der Waals surface area (Å²) >= 11 is 6.03. The topological polar surface area (TPSA) is 108 Å². The van der Waals surface area contributed by atoms with E-state index in [9.17, 15) is 4.79 Å². The Kier molecular flexibility index (Phi) is 5.04. The fourth-order valence-corrected chi connectivity index (χ4v) is 2.66. The molecule has 2 heterocycles. The highest BCUT2D eigenvalue weighted by atomic mass is 35.5. The predicted molar refractivity (Wildman–Crippen MR) is 98.6 cm³/mol. The Bertz CT molecular complexity index is 925. The van der Waals surface area contributed by atoms with Gasteiger partial charge < -0.3 is 10.5 Å². The molecule has 9 heteroatoms. The summed E-state index contributed by atoms with van der Waals surface area (Å²) in [6.07, 6.45) is 0.343. The van der Waals surface area contributed by atoms with Gasteiger partial charge in [-0.15, -0.1) is 5.10 Å². The van der Waals surface area contributed by atoms with Crippen LogP contribution in [0.15, 0.2) is 42.6 Å². The molecule has 0 saturated heterocycles. The number of nitrogen functional groups attached to an aromatic ring is 1. The second-order valence-electron chi connectivity index (χ2n) is 5.59. The molecule has 0 saturated carbocycles. The molecule has 0 aliphatic heterocycles. The molecule has 2 aromatic heterocycles. The number of benzene rings is 1. The first-order valence-corrected chi connectivity index (χ1v) is 8.17. The highest BCUT2D eigenvalue weighted by Gasteiger charge is 2.19. The van der Waals surface area contributed by atoms with Crippen molar-refractivity contribution < 1.29 is 9.53 Å². The number of carbonyl (C=O) groups excluding carboxylic acids is 1. The van der Waals surface area contributed by atoms with Gasteiger partial charge in [0, 0.05) is 30.1 Å². The van der Waals surface area contributed by atoms with E-state index < -0.39 is 12.2 Å². The van der Waals surface area contributed by atoms with Crippen LogP contribution in [0.2, 0.25) is 5.15 Å². The van der Waals surface area contributed by atoms with Gasteiger partial charge in [-0.25, -0.2) is 14.5 Å². The number of pyridine rings is 1. The summed E-state index contributed by atoms with van der Waals surface area (Å²) in [7, 11) is 1.67. The SMILES string of the molecule is C[C@@H](OC(=O)Nc1c(-c2ccc(N)cc2)nnn1C)c1cccnc1Cl. The molecule has 1 amide bonds. The number of nitrogens with zero attached hydrogens (tertiary/aromatic N) is 4. The summed E-state index contributed by atoms with van der Waals surface area (Å²) in [6, 6.07) is 10.6. The molecule has 26 heavy (non-hydrogen) atoms. The molecule has 3 rings (SSSR count). The fourth-order valence-electron chi connectivity index (χ4n) is 2.38.